The number of nitrogens with two attached hydrogens (primary N) is 1. The van der Waals surface area contributed by atoms with Crippen LogP contribution in [0.3, 0.4) is 0 Å². The molecule has 1 amide bonds. The summed E-state index contributed by atoms with van der Waals surface area (Å²) < 4.78 is 0. The number of aromatic nitrogens is 1. The van der Waals surface area contributed by atoms with E-state index in [9.17, 15) is 4.79 Å². The lowest BCUT2D eigenvalue weighted by Crippen LogP contribution is -2.29. The van der Waals surface area contributed by atoms with Crippen molar-refractivity contribution in [2.24, 2.45) is 17.6 Å². The zero-order valence-corrected chi connectivity index (χ0v) is 12.6. The molecule has 110 valence electrons. The fourth-order valence-electron chi connectivity index (χ4n) is 2.96. The predicted molar refractivity (Wildman–Crippen MR) is 86.1 cm³/mol. The van der Waals surface area contributed by atoms with Crippen molar-refractivity contribution in [2.75, 3.05) is 11.9 Å². The molecule has 1 saturated carbocycles. The summed E-state index contributed by atoms with van der Waals surface area (Å²) in [6, 6.07) is 7.84. The Morgan fingerprint density at radius 2 is 2.14 bits per heavy atom. The van der Waals surface area contributed by atoms with Crippen molar-refractivity contribution in [1.82, 2.24) is 4.98 Å². The molecule has 1 aromatic carbocycles. The minimum atomic E-state index is 0.0636. The molecule has 1 aromatic heterocycles. The number of hydrogen-bond donors (Lipinski definition) is 2. The summed E-state index contributed by atoms with van der Waals surface area (Å²) >= 11 is 1.61. The first kappa shape index (κ1) is 14.2. The van der Waals surface area contributed by atoms with Gasteiger partial charge in [0.25, 0.3) is 0 Å². The first-order valence-electron chi connectivity index (χ1n) is 7.29. The van der Waals surface area contributed by atoms with E-state index in [0.717, 1.165) is 35.5 Å². The van der Waals surface area contributed by atoms with Gasteiger partial charge in [0.2, 0.25) is 5.91 Å². The molecule has 0 saturated heterocycles. The first-order chi connectivity index (χ1) is 10.3. The average molecular weight is 301 g/mol. The van der Waals surface area contributed by atoms with E-state index in [1.807, 2.05) is 29.6 Å². The molecule has 2 aromatic rings. The lowest BCUT2D eigenvalue weighted by molar-refractivity contribution is -0.120. The molecule has 1 fully saturated rings. The Labute approximate surface area is 128 Å². The number of rotatable bonds is 4. The van der Waals surface area contributed by atoms with Crippen molar-refractivity contribution < 1.29 is 4.79 Å². The van der Waals surface area contributed by atoms with E-state index in [4.69, 9.17) is 5.73 Å². The third kappa shape index (κ3) is 3.14. The van der Waals surface area contributed by atoms with Crippen LogP contribution < -0.4 is 11.1 Å². The van der Waals surface area contributed by atoms with Gasteiger partial charge < -0.3 is 11.1 Å². The summed E-state index contributed by atoms with van der Waals surface area (Å²) in [5, 5.41) is 5.96. The zero-order valence-electron chi connectivity index (χ0n) is 11.8. The Bertz CT molecular complexity index is 594. The molecular weight excluding hydrogens is 282 g/mol. The van der Waals surface area contributed by atoms with E-state index in [2.05, 4.69) is 10.3 Å². The number of nitrogens with one attached hydrogen (secondary N) is 1. The monoisotopic (exact) mass is 301 g/mol. The first-order valence-corrected chi connectivity index (χ1v) is 8.17. The van der Waals surface area contributed by atoms with Crippen LogP contribution in [0.2, 0.25) is 0 Å². The van der Waals surface area contributed by atoms with Gasteiger partial charge in [-0.1, -0.05) is 6.42 Å². The van der Waals surface area contributed by atoms with E-state index in [-0.39, 0.29) is 11.8 Å². The maximum absolute atomic E-state index is 12.3. The smallest absolute Gasteiger partial charge is 0.227 e. The topological polar surface area (TPSA) is 68.0 Å². The van der Waals surface area contributed by atoms with E-state index in [0.29, 0.717) is 12.5 Å². The van der Waals surface area contributed by atoms with E-state index < -0.39 is 0 Å². The number of benzene rings is 1. The van der Waals surface area contributed by atoms with Gasteiger partial charge in [0.05, 0.1) is 0 Å². The number of carbonyl (C=O) groups excluding carboxylic acids is 1. The molecule has 0 radical (unpaired) electrons. The number of hydrogen-bond acceptors (Lipinski definition) is 4. The molecule has 5 heteroatoms. The quantitative estimate of drug-likeness (QED) is 0.911. The van der Waals surface area contributed by atoms with E-state index >= 15 is 0 Å². The Morgan fingerprint density at radius 1 is 1.33 bits per heavy atom. The van der Waals surface area contributed by atoms with Crippen LogP contribution in [0, 0.1) is 11.8 Å². The lowest BCUT2D eigenvalue weighted by Gasteiger charge is -2.17. The van der Waals surface area contributed by atoms with E-state index in [1.54, 1.807) is 17.5 Å². The van der Waals surface area contributed by atoms with Crippen LogP contribution in [0.1, 0.15) is 19.3 Å². The zero-order chi connectivity index (χ0) is 14.7. The van der Waals surface area contributed by atoms with Crippen molar-refractivity contribution in [1.29, 1.82) is 0 Å². The molecule has 0 bridgehead atoms. The molecule has 3 N–H and O–H groups in total. The molecule has 3 rings (SSSR count). The molecule has 1 aliphatic carbocycles. The third-order valence-corrected chi connectivity index (χ3v) is 4.95. The highest BCUT2D eigenvalue weighted by Crippen LogP contribution is 2.32. The fourth-order valence-corrected chi connectivity index (χ4v) is 3.61. The van der Waals surface area contributed by atoms with Gasteiger partial charge in [0.1, 0.15) is 5.01 Å². The normalized spacial score (nSPS) is 21.4. The highest BCUT2D eigenvalue weighted by atomic mass is 32.1. The molecule has 1 aliphatic rings. The molecule has 0 unspecified atom stereocenters. The second-order valence-corrected chi connectivity index (χ2v) is 6.33. The van der Waals surface area contributed by atoms with Crippen molar-refractivity contribution in [3.05, 3.63) is 35.8 Å². The van der Waals surface area contributed by atoms with Crippen LogP contribution in [0.5, 0.6) is 0 Å². The van der Waals surface area contributed by atoms with Crippen molar-refractivity contribution in [3.8, 4) is 10.6 Å². The van der Waals surface area contributed by atoms with Crippen LogP contribution in [-0.4, -0.2) is 17.4 Å². The molecule has 0 spiro atoms. The predicted octanol–water partition coefficient (Wildman–Crippen LogP) is 3.12. The van der Waals surface area contributed by atoms with Gasteiger partial charge in [0, 0.05) is 28.7 Å². The van der Waals surface area contributed by atoms with Gasteiger partial charge in [-0.05, 0) is 49.6 Å². The Morgan fingerprint density at radius 3 is 2.81 bits per heavy atom. The number of carbonyl (C=O) groups is 1. The number of amides is 1. The Balaban J connectivity index is 1.66. The standard InChI is InChI=1S/C16H19N3OS/c17-10-12-2-1-3-14(12)15(20)19-13-6-4-11(5-7-13)16-18-8-9-21-16/h4-9,12,14H,1-3,10,17H2,(H,19,20)/t12-,14-/m1/s1. The highest BCUT2D eigenvalue weighted by Gasteiger charge is 2.31. The van der Waals surface area contributed by atoms with Crippen LogP contribution in [0.15, 0.2) is 35.8 Å². The molecule has 1 heterocycles. The summed E-state index contributed by atoms with van der Waals surface area (Å²) in [7, 11) is 0. The van der Waals surface area contributed by atoms with Crippen LogP contribution in [-0.2, 0) is 4.79 Å². The SMILES string of the molecule is NC[C@H]1CCC[C@H]1C(=O)Nc1ccc(-c2nccs2)cc1. The van der Waals surface area contributed by atoms with Crippen molar-refractivity contribution >= 4 is 22.9 Å². The van der Waals surface area contributed by atoms with Gasteiger partial charge in [0.15, 0.2) is 0 Å². The van der Waals surface area contributed by atoms with Gasteiger partial charge in [-0.15, -0.1) is 11.3 Å². The minimum Gasteiger partial charge on any atom is -0.330 e. The van der Waals surface area contributed by atoms with Gasteiger partial charge in [-0.3, -0.25) is 4.79 Å². The number of thiazole rings is 1. The molecule has 2 atom stereocenters. The maximum atomic E-state index is 12.3. The maximum Gasteiger partial charge on any atom is 0.227 e. The van der Waals surface area contributed by atoms with Crippen LogP contribution in [0.4, 0.5) is 5.69 Å². The van der Waals surface area contributed by atoms with E-state index in [1.165, 1.54) is 0 Å². The summed E-state index contributed by atoms with van der Waals surface area (Å²) in [5.41, 5.74) is 7.65. The molecule has 0 aliphatic heterocycles. The molecule has 4 nitrogen and oxygen atoms in total. The van der Waals surface area contributed by atoms with Crippen molar-refractivity contribution in [3.63, 3.8) is 0 Å². The lowest BCUT2D eigenvalue weighted by atomic mass is 9.95. The summed E-state index contributed by atoms with van der Waals surface area (Å²) in [4.78, 5) is 16.6. The van der Waals surface area contributed by atoms with Crippen molar-refractivity contribution in [2.45, 2.75) is 19.3 Å². The van der Waals surface area contributed by atoms with Crippen LogP contribution >= 0.6 is 11.3 Å². The Kier molecular flexibility index (Phi) is 4.31. The second kappa shape index (κ2) is 6.37. The number of nitrogens with zero attached hydrogens (tertiary/aromatic N) is 1. The molecule has 21 heavy (non-hydrogen) atoms. The van der Waals surface area contributed by atoms with Crippen LogP contribution in [0.25, 0.3) is 10.6 Å². The Hall–Kier alpha value is -1.72. The highest BCUT2D eigenvalue weighted by molar-refractivity contribution is 7.13. The van der Waals surface area contributed by atoms with Gasteiger partial charge in [-0.2, -0.15) is 0 Å². The largest absolute Gasteiger partial charge is 0.330 e. The molecular formula is C16H19N3OS. The third-order valence-electron chi connectivity index (χ3n) is 4.13. The summed E-state index contributed by atoms with van der Waals surface area (Å²) in [6.07, 6.45) is 4.91. The van der Waals surface area contributed by atoms with Gasteiger partial charge >= 0.3 is 0 Å². The van der Waals surface area contributed by atoms with Gasteiger partial charge in [-0.25, -0.2) is 4.98 Å². The average Bonchev–Trinajstić information content (AvgIpc) is 3.19. The minimum absolute atomic E-state index is 0.0636. The summed E-state index contributed by atoms with van der Waals surface area (Å²) in [5.74, 6) is 0.498. The fraction of sp³-hybridized carbons (Fsp3) is 0.375. The summed E-state index contributed by atoms with van der Waals surface area (Å²) in [6.45, 7) is 0.598. The second-order valence-electron chi connectivity index (χ2n) is 5.44. The number of anilines is 1.